The number of nitrogens with one attached hydrogen (secondary N) is 1. The Hall–Kier alpha value is -1.59. The number of hydrogen-bond donors (Lipinski definition) is 1. The first-order valence-corrected chi connectivity index (χ1v) is 12.9. The number of aromatic nitrogens is 1. The summed E-state index contributed by atoms with van der Waals surface area (Å²) in [6, 6.07) is 5.41. The molecule has 0 aliphatic carbocycles. The fourth-order valence-corrected chi connectivity index (χ4v) is 7.05. The van der Waals surface area contributed by atoms with Gasteiger partial charge >= 0.3 is 0 Å². The summed E-state index contributed by atoms with van der Waals surface area (Å²) in [5.74, 6) is 0.0273. The highest BCUT2D eigenvalue weighted by Gasteiger charge is 2.25. The Bertz CT molecular complexity index is 1080. The molecule has 0 unspecified atom stereocenters. The van der Waals surface area contributed by atoms with Crippen molar-refractivity contribution >= 4 is 49.9 Å². The Kier molecular flexibility index (Phi) is 5.66. The number of carbonyl (C=O) groups excluding carboxylic acids is 1. The van der Waals surface area contributed by atoms with E-state index < -0.39 is 10.0 Å². The molecule has 3 aromatic heterocycles. The van der Waals surface area contributed by atoms with E-state index >= 15 is 0 Å². The van der Waals surface area contributed by atoms with Crippen molar-refractivity contribution in [2.24, 2.45) is 0 Å². The van der Waals surface area contributed by atoms with Crippen LogP contribution in [0.4, 0.5) is 0 Å². The van der Waals surface area contributed by atoms with Gasteiger partial charge in [-0.1, -0.05) is 6.07 Å². The molecule has 148 valence electrons. The number of thiophene rings is 2. The predicted octanol–water partition coefficient (Wildman–Crippen LogP) is 3.96. The second-order valence-electron chi connectivity index (χ2n) is 6.49. The molecule has 0 bridgehead atoms. The van der Waals surface area contributed by atoms with Gasteiger partial charge in [0.15, 0.2) is 0 Å². The van der Waals surface area contributed by atoms with E-state index in [9.17, 15) is 13.2 Å². The van der Waals surface area contributed by atoms with Gasteiger partial charge in [0.05, 0.1) is 5.69 Å². The van der Waals surface area contributed by atoms with E-state index in [1.165, 1.54) is 22.7 Å². The maximum atomic E-state index is 12.7. The van der Waals surface area contributed by atoms with Crippen LogP contribution in [0.15, 0.2) is 33.2 Å². The van der Waals surface area contributed by atoms with Crippen molar-refractivity contribution in [2.45, 2.75) is 30.5 Å². The van der Waals surface area contributed by atoms with Crippen LogP contribution in [0.3, 0.4) is 0 Å². The van der Waals surface area contributed by atoms with Crippen LogP contribution in [0.2, 0.25) is 0 Å². The van der Waals surface area contributed by atoms with Crippen LogP contribution in [0.1, 0.15) is 33.1 Å². The van der Waals surface area contributed by atoms with E-state index in [0.29, 0.717) is 15.6 Å². The van der Waals surface area contributed by atoms with E-state index in [1.54, 1.807) is 11.4 Å². The van der Waals surface area contributed by atoms with Crippen LogP contribution in [0.25, 0.3) is 10.6 Å². The summed E-state index contributed by atoms with van der Waals surface area (Å²) in [4.78, 5) is 20.7. The molecule has 0 spiro atoms. The quantitative estimate of drug-likeness (QED) is 0.613. The topological polar surface area (TPSA) is 79.4 Å². The Morgan fingerprint density at radius 1 is 1.29 bits per heavy atom. The lowest BCUT2D eigenvalue weighted by molar-refractivity contribution is 0.0796. The largest absolute Gasteiger partial charge is 0.338 e. The van der Waals surface area contributed by atoms with E-state index in [-0.39, 0.29) is 16.7 Å². The molecular formula is C18H19N3O3S4. The van der Waals surface area contributed by atoms with Crippen molar-refractivity contribution in [2.75, 3.05) is 13.1 Å². The Morgan fingerprint density at radius 2 is 2.07 bits per heavy atom. The summed E-state index contributed by atoms with van der Waals surface area (Å²) in [7, 11) is -3.58. The van der Waals surface area contributed by atoms with Crippen LogP contribution in [0.5, 0.6) is 0 Å². The molecule has 0 aromatic carbocycles. The highest BCUT2D eigenvalue weighted by atomic mass is 32.2. The van der Waals surface area contributed by atoms with Gasteiger partial charge < -0.3 is 4.90 Å². The molecular weight excluding hydrogens is 434 g/mol. The minimum Gasteiger partial charge on any atom is -0.338 e. The maximum absolute atomic E-state index is 12.7. The molecule has 6 nitrogen and oxygen atoms in total. The number of rotatable bonds is 6. The Labute approximate surface area is 175 Å². The number of likely N-dealkylation sites (tertiary alicyclic amines) is 1. The summed E-state index contributed by atoms with van der Waals surface area (Å²) in [6.45, 7) is 3.69. The number of amides is 1. The standard InChI is InChI=1S/C18H19N3O3S4/c1-12-16(18(22)21-6-2-3-7-21)27-17(20-12)13-9-15(26-11-13)28(23,24)19-10-14-5-4-8-25-14/h4-5,8-9,11,19H,2-3,6-7,10H2,1H3. The first-order chi connectivity index (χ1) is 13.4. The number of nitrogens with zero attached hydrogens (tertiary/aromatic N) is 2. The molecule has 4 rings (SSSR count). The summed E-state index contributed by atoms with van der Waals surface area (Å²) in [6.07, 6.45) is 2.08. The van der Waals surface area contributed by atoms with Crippen molar-refractivity contribution in [3.8, 4) is 10.6 Å². The first kappa shape index (κ1) is 19.7. The number of hydrogen-bond acceptors (Lipinski definition) is 7. The fraction of sp³-hybridized carbons (Fsp3) is 0.333. The number of aryl methyl sites for hydroxylation is 1. The number of sulfonamides is 1. The lowest BCUT2D eigenvalue weighted by atomic mass is 10.3. The third-order valence-corrected chi connectivity index (χ3v) is 9.40. The minimum absolute atomic E-state index is 0.0273. The van der Waals surface area contributed by atoms with Gasteiger partial charge in [0.2, 0.25) is 10.0 Å². The molecule has 3 aromatic rings. The molecule has 1 N–H and O–H groups in total. The Balaban J connectivity index is 1.52. The molecule has 10 heteroatoms. The van der Waals surface area contributed by atoms with Gasteiger partial charge in [0.25, 0.3) is 5.91 Å². The summed E-state index contributed by atoms with van der Waals surface area (Å²) < 4.78 is 28.0. The van der Waals surface area contributed by atoms with Gasteiger partial charge in [0, 0.05) is 35.5 Å². The molecule has 1 aliphatic heterocycles. The third kappa shape index (κ3) is 4.06. The van der Waals surface area contributed by atoms with E-state index in [1.807, 2.05) is 29.3 Å². The lowest BCUT2D eigenvalue weighted by Crippen LogP contribution is -2.27. The van der Waals surface area contributed by atoms with Gasteiger partial charge in [-0.05, 0) is 37.3 Å². The minimum atomic E-state index is -3.58. The molecule has 1 fully saturated rings. The van der Waals surface area contributed by atoms with E-state index in [0.717, 1.165) is 47.7 Å². The third-order valence-electron chi connectivity index (χ3n) is 4.49. The first-order valence-electron chi connectivity index (χ1n) is 8.82. The van der Waals surface area contributed by atoms with Crippen LogP contribution >= 0.6 is 34.0 Å². The van der Waals surface area contributed by atoms with Crippen molar-refractivity contribution < 1.29 is 13.2 Å². The zero-order valence-corrected chi connectivity index (χ0v) is 18.4. The van der Waals surface area contributed by atoms with Crippen LogP contribution < -0.4 is 4.72 Å². The normalized spacial score (nSPS) is 14.7. The van der Waals surface area contributed by atoms with Crippen LogP contribution in [-0.2, 0) is 16.6 Å². The molecule has 28 heavy (non-hydrogen) atoms. The highest BCUT2D eigenvalue weighted by molar-refractivity contribution is 7.91. The zero-order valence-electron chi connectivity index (χ0n) is 15.2. The zero-order chi connectivity index (χ0) is 19.7. The summed E-state index contributed by atoms with van der Waals surface area (Å²) in [5.41, 5.74) is 1.43. The molecule has 0 radical (unpaired) electrons. The lowest BCUT2D eigenvalue weighted by Gasteiger charge is -2.13. The molecule has 1 saturated heterocycles. The SMILES string of the molecule is Cc1nc(-c2csc(S(=O)(=O)NCc3cccs3)c2)sc1C(=O)N1CCCC1. The summed E-state index contributed by atoms with van der Waals surface area (Å²) in [5, 5.41) is 4.37. The molecule has 0 atom stereocenters. The van der Waals surface area contributed by atoms with Gasteiger partial charge in [-0.2, -0.15) is 0 Å². The number of thiazole rings is 1. The van der Waals surface area contributed by atoms with E-state index in [4.69, 9.17) is 0 Å². The van der Waals surface area contributed by atoms with Gasteiger partial charge in [0.1, 0.15) is 14.1 Å². The molecule has 1 amide bonds. The highest BCUT2D eigenvalue weighted by Crippen LogP contribution is 2.33. The second-order valence-corrected chi connectivity index (χ2v) is 11.4. The van der Waals surface area contributed by atoms with Crippen molar-refractivity contribution in [1.82, 2.24) is 14.6 Å². The van der Waals surface area contributed by atoms with Gasteiger partial charge in [-0.15, -0.1) is 34.0 Å². The number of carbonyl (C=O) groups is 1. The molecule has 0 saturated carbocycles. The second kappa shape index (κ2) is 8.03. The van der Waals surface area contributed by atoms with Crippen molar-refractivity contribution in [1.29, 1.82) is 0 Å². The van der Waals surface area contributed by atoms with Crippen molar-refractivity contribution in [3.05, 3.63) is 44.4 Å². The Morgan fingerprint density at radius 3 is 2.79 bits per heavy atom. The van der Waals surface area contributed by atoms with Crippen LogP contribution in [0, 0.1) is 6.92 Å². The fourth-order valence-electron chi connectivity index (χ4n) is 3.00. The average Bonchev–Trinajstić information content (AvgIpc) is 3.47. The predicted molar refractivity (Wildman–Crippen MR) is 114 cm³/mol. The van der Waals surface area contributed by atoms with Crippen LogP contribution in [-0.4, -0.2) is 37.3 Å². The molecule has 1 aliphatic rings. The smallest absolute Gasteiger partial charge is 0.265 e. The average molecular weight is 454 g/mol. The summed E-state index contributed by atoms with van der Waals surface area (Å²) >= 11 is 4.01. The monoisotopic (exact) mass is 453 g/mol. The van der Waals surface area contributed by atoms with E-state index in [2.05, 4.69) is 9.71 Å². The van der Waals surface area contributed by atoms with Crippen molar-refractivity contribution in [3.63, 3.8) is 0 Å². The van der Waals surface area contributed by atoms with Gasteiger partial charge in [-0.25, -0.2) is 18.1 Å². The molecule has 4 heterocycles. The van der Waals surface area contributed by atoms with Gasteiger partial charge in [-0.3, -0.25) is 4.79 Å². The maximum Gasteiger partial charge on any atom is 0.265 e.